The average molecular weight is 439 g/mol. The molecule has 1 amide bonds. The van der Waals surface area contributed by atoms with Crippen LogP contribution >= 0.6 is 0 Å². The fourth-order valence-electron chi connectivity index (χ4n) is 3.59. The van der Waals surface area contributed by atoms with Crippen molar-refractivity contribution in [3.63, 3.8) is 0 Å². The smallest absolute Gasteiger partial charge is 0.335 e. The summed E-state index contributed by atoms with van der Waals surface area (Å²) >= 11 is 0. The van der Waals surface area contributed by atoms with Gasteiger partial charge < -0.3 is 4.90 Å². The van der Waals surface area contributed by atoms with E-state index in [1.54, 1.807) is 0 Å². The standard InChI is InChI=1S/C20H18F5N5O/c1-12-9-16(20(23,24)25)30-17(26-12)10-15(27-30)19(31)29-7-5-28(6-8-29)11-13-3-2-4-14(21)18(13)22/h2-4,9-10H,5-8,11H2,1H3. The molecule has 4 rings (SSSR count). The molecule has 0 atom stereocenters. The van der Waals surface area contributed by atoms with Crippen LogP contribution in [-0.4, -0.2) is 56.5 Å². The number of hydrogen-bond donors (Lipinski definition) is 0. The van der Waals surface area contributed by atoms with Gasteiger partial charge in [-0.05, 0) is 19.1 Å². The van der Waals surface area contributed by atoms with E-state index in [0.717, 1.165) is 12.1 Å². The molecule has 164 valence electrons. The molecule has 1 aliphatic rings. The summed E-state index contributed by atoms with van der Waals surface area (Å²) in [7, 11) is 0. The number of benzene rings is 1. The first-order valence-electron chi connectivity index (χ1n) is 9.52. The number of carbonyl (C=O) groups is 1. The zero-order valence-electron chi connectivity index (χ0n) is 16.5. The Morgan fingerprint density at radius 2 is 1.81 bits per heavy atom. The predicted octanol–water partition coefficient (Wildman–Crippen LogP) is 3.29. The minimum Gasteiger partial charge on any atom is -0.335 e. The topological polar surface area (TPSA) is 53.7 Å². The Labute approximate surface area is 173 Å². The van der Waals surface area contributed by atoms with Crippen molar-refractivity contribution in [2.45, 2.75) is 19.6 Å². The molecule has 0 unspecified atom stereocenters. The Balaban J connectivity index is 1.47. The molecule has 1 aliphatic heterocycles. The highest BCUT2D eigenvalue weighted by Crippen LogP contribution is 2.30. The summed E-state index contributed by atoms with van der Waals surface area (Å²) < 4.78 is 67.8. The van der Waals surface area contributed by atoms with E-state index in [1.165, 1.54) is 30.0 Å². The van der Waals surface area contributed by atoms with Crippen LogP contribution in [0.1, 0.15) is 27.4 Å². The molecule has 0 radical (unpaired) electrons. The minimum absolute atomic E-state index is 0.0594. The van der Waals surface area contributed by atoms with Crippen LogP contribution in [0.15, 0.2) is 30.3 Å². The van der Waals surface area contributed by atoms with Gasteiger partial charge in [0, 0.05) is 50.0 Å². The number of fused-ring (bicyclic) bond motifs is 1. The van der Waals surface area contributed by atoms with E-state index in [9.17, 15) is 26.7 Å². The Morgan fingerprint density at radius 3 is 2.48 bits per heavy atom. The Kier molecular flexibility index (Phi) is 5.38. The van der Waals surface area contributed by atoms with E-state index in [0.29, 0.717) is 17.6 Å². The van der Waals surface area contributed by atoms with Crippen LogP contribution in [-0.2, 0) is 12.7 Å². The van der Waals surface area contributed by atoms with Gasteiger partial charge >= 0.3 is 6.18 Å². The summed E-state index contributed by atoms with van der Waals surface area (Å²) in [6, 6.07) is 6.09. The zero-order chi connectivity index (χ0) is 22.3. The second kappa shape index (κ2) is 7.88. The van der Waals surface area contributed by atoms with Crippen molar-refractivity contribution in [2.75, 3.05) is 26.2 Å². The van der Waals surface area contributed by atoms with Crippen molar-refractivity contribution < 1.29 is 26.7 Å². The van der Waals surface area contributed by atoms with E-state index in [4.69, 9.17) is 0 Å². The molecule has 0 aliphatic carbocycles. The number of halogens is 5. The number of carbonyl (C=O) groups excluding carboxylic acids is 1. The fourth-order valence-corrected chi connectivity index (χ4v) is 3.59. The van der Waals surface area contributed by atoms with E-state index >= 15 is 0 Å². The third kappa shape index (κ3) is 4.22. The van der Waals surface area contributed by atoms with Gasteiger partial charge in [0.1, 0.15) is 5.69 Å². The number of amides is 1. The summed E-state index contributed by atoms with van der Waals surface area (Å²) in [4.78, 5) is 20.2. The van der Waals surface area contributed by atoms with Gasteiger partial charge in [-0.25, -0.2) is 18.3 Å². The van der Waals surface area contributed by atoms with Crippen LogP contribution in [0.4, 0.5) is 22.0 Å². The normalized spacial score (nSPS) is 15.6. The maximum atomic E-state index is 13.9. The maximum Gasteiger partial charge on any atom is 0.433 e. The van der Waals surface area contributed by atoms with E-state index in [2.05, 4.69) is 10.1 Å². The van der Waals surface area contributed by atoms with Gasteiger partial charge in [0.2, 0.25) is 0 Å². The summed E-state index contributed by atoms with van der Waals surface area (Å²) in [6.45, 7) is 2.99. The van der Waals surface area contributed by atoms with Gasteiger partial charge in [-0.1, -0.05) is 12.1 Å². The van der Waals surface area contributed by atoms with Crippen molar-refractivity contribution in [1.29, 1.82) is 0 Å². The SMILES string of the molecule is Cc1cc(C(F)(F)F)n2nc(C(=O)N3CCN(Cc4cccc(F)c4F)CC3)cc2n1. The first kappa shape index (κ1) is 21.2. The lowest BCUT2D eigenvalue weighted by molar-refractivity contribution is -0.142. The van der Waals surface area contributed by atoms with Crippen molar-refractivity contribution in [3.8, 4) is 0 Å². The largest absolute Gasteiger partial charge is 0.433 e. The lowest BCUT2D eigenvalue weighted by Gasteiger charge is -2.34. The van der Waals surface area contributed by atoms with Gasteiger partial charge in [0.15, 0.2) is 23.0 Å². The van der Waals surface area contributed by atoms with Crippen molar-refractivity contribution in [2.24, 2.45) is 0 Å². The quantitative estimate of drug-likeness (QED) is 0.588. The highest BCUT2D eigenvalue weighted by Gasteiger charge is 2.35. The summed E-state index contributed by atoms with van der Waals surface area (Å²) in [5.74, 6) is -2.32. The zero-order valence-corrected chi connectivity index (χ0v) is 16.5. The number of hydrogen-bond acceptors (Lipinski definition) is 4. The van der Waals surface area contributed by atoms with Crippen molar-refractivity contribution in [3.05, 3.63) is 64.6 Å². The van der Waals surface area contributed by atoms with E-state index in [-0.39, 0.29) is 42.2 Å². The molecular weight excluding hydrogens is 421 g/mol. The second-order valence-electron chi connectivity index (χ2n) is 7.36. The van der Waals surface area contributed by atoms with Crippen LogP contribution in [0, 0.1) is 18.6 Å². The van der Waals surface area contributed by atoms with E-state index < -0.39 is 29.4 Å². The van der Waals surface area contributed by atoms with Gasteiger partial charge in [-0.15, -0.1) is 0 Å². The molecule has 3 aromatic rings. The third-order valence-electron chi connectivity index (χ3n) is 5.15. The molecule has 0 spiro atoms. The first-order chi connectivity index (χ1) is 14.6. The number of alkyl halides is 3. The maximum absolute atomic E-state index is 13.9. The minimum atomic E-state index is -4.64. The molecule has 6 nitrogen and oxygen atoms in total. The summed E-state index contributed by atoms with van der Waals surface area (Å²) in [6.07, 6.45) is -4.64. The third-order valence-corrected chi connectivity index (χ3v) is 5.15. The first-order valence-corrected chi connectivity index (χ1v) is 9.52. The lowest BCUT2D eigenvalue weighted by atomic mass is 10.1. The van der Waals surface area contributed by atoms with E-state index in [1.807, 2.05) is 4.90 Å². The molecule has 0 N–H and O–H groups in total. The van der Waals surface area contributed by atoms with Gasteiger partial charge in [-0.3, -0.25) is 9.69 Å². The van der Waals surface area contributed by atoms with Crippen molar-refractivity contribution >= 4 is 11.6 Å². The Bertz CT molecular complexity index is 1130. The molecule has 2 aromatic heterocycles. The van der Waals surface area contributed by atoms with Gasteiger partial charge in [0.05, 0.1) is 0 Å². The van der Waals surface area contributed by atoms with Crippen LogP contribution in [0.3, 0.4) is 0 Å². The average Bonchev–Trinajstić information content (AvgIpc) is 3.14. The molecule has 0 saturated carbocycles. The second-order valence-corrected chi connectivity index (χ2v) is 7.36. The fraction of sp³-hybridized carbons (Fsp3) is 0.350. The Morgan fingerprint density at radius 1 is 1.10 bits per heavy atom. The predicted molar refractivity (Wildman–Crippen MR) is 100 cm³/mol. The number of aromatic nitrogens is 3. The number of piperazine rings is 1. The Hall–Kier alpha value is -3.08. The van der Waals surface area contributed by atoms with Crippen LogP contribution in [0.5, 0.6) is 0 Å². The molecule has 3 heterocycles. The molecular formula is C20H18F5N5O. The number of nitrogens with zero attached hydrogens (tertiary/aromatic N) is 5. The van der Waals surface area contributed by atoms with Crippen molar-refractivity contribution in [1.82, 2.24) is 24.4 Å². The highest BCUT2D eigenvalue weighted by molar-refractivity contribution is 5.93. The number of rotatable bonds is 3. The lowest BCUT2D eigenvalue weighted by Crippen LogP contribution is -2.48. The molecule has 11 heteroatoms. The summed E-state index contributed by atoms with van der Waals surface area (Å²) in [5.41, 5.74) is -0.807. The molecule has 1 aromatic carbocycles. The van der Waals surface area contributed by atoms with Gasteiger partial charge in [-0.2, -0.15) is 18.3 Å². The monoisotopic (exact) mass is 439 g/mol. The molecule has 31 heavy (non-hydrogen) atoms. The molecule has 0 bridgehead atoms. The van der Waals surface area contributed by atoms with Crippen LogP contribution < -0.4 is 0 Å². The van der Waals surface area contributed by atoms with Crippen LogP contribution in [0.2, 0.25) is 0 Å². The molecule has 1 saturated heterocycles. The highest BCUT2D eigenvalue weighted by atomic mass is 19.4. The number of aryl methyl sites for hydroxylation is 1. The molecule has 1 fully saturated rings. The van der Waals surface area contributed by atoms with Crippen LogP contribution in [0.25, 0.3) is 5.65 Å². The van der Waals surface area contributed by atoms with Gasteiger partial charge in [0.25, 0.3) is 5.91 Å². The summed E-state index contributed by atoms with van der Waals surface area (Å²) in [5, 5.41) is 3.84.